The van der Waals surface area contributed by atoms with Crippen LogP contribution in [0.2, 0.25) is 9.36 Å². The Bertz CT molecular complexity index is 1080. The molecule has 3 aromatic rings. The quantitative estimate of drug-likeness (QED) is 0.573. The second kappa shape index (κ2) is 8.67. The van der Waals surface area contributed by atoms with E-state index >= 15 is 0 Å². The Hall–Kier alpha value is -1.84. The van der Waals surface area contributed by atoms with Crippen LogP contribution < -0.4 is 5.32 Å². The van der Waals surface area contributed by atoms with Crippen molar-refractivity contribution >= 4 is 50.5 Å². The molecule has 1 amide bonds. The van der Waals surface area contributed by atoms with Crippen molar-refractivity contribution in [3.05, 3.63) is 63.7 Å². The van der Waals surface area contributed by atoms with Gasteiger partial charge in [-0.05, 0) is 48.5 Å². The lowest BCUT2D eigenvalue weighted by molar-refractivity contribution is -0.121. The van der Waals surface area contributed by atoms with Crippen molar-refractivity contribution in [3.8, 4) is 11.3 Å². The minimum absolute atomic E-state index is 0.0893. The number of furan rings is 1. The number of halogens is 2. The summed E-state index contributed by atoms with van der Waals surface area (Å²) in [5.74, 6) is 0.752. The van der Waals surface area contributed by atoms with Crippen LogP contribution in [0, 0.1) is 0 Å². The monoisotopic (exact) mass is 458 g/mol. The molecule has 1 aromatic carbocycles. The van der Waals surface area contributed by atoms with Crippen LogP contribution in [0.1, 0.15) is 5.76 Å². The summed E-state index contributed by atoms with van der Waals surface area (Å²) in [5, 5.41) is 3.28. The largest absolute Gasteiger partial charge is 0.459 e. The first-order valence-electron chi connectivity index (χ1n) is 8.09. The molecule has 0 spiro atoms. The highest BCUT2D eigenvalue weighted by Gasteiger charge is 2.24. The maximum atomic E-state index is 12.4. The highest BCUT2D eigenvalue weighted by molar-refractivity contribution is 7.91. The number of amides is 1. The van der Waals surface area contributed by atoms with E-state index in [1.165, 1.54) is 19.2 Å². The van der Waals surface area contributed by atoms with Crippen LogP contribution in [0.4, 0.5) is 0 Å². The van der Waals surface area contributed by atoms with Crippen molar-refractivity contribution in [2.45, 2.75) is 10.8 Å². The number of carbonyl (C=O) groups is 1. The van der Waals surface area contributed by atoms with Crippen molar-refractivity contribution in [1.82, 2.24) is 9.62 Å². The fourth-order valence-electron chi connectivity index (χ4n) is 2.36. The van der Waals surface area contributed by atoms with E-state index < -0.39 is 15.9 Å². The van der Waals surface area contributed by atoms with E-state index in [0.717, 1.165) is 21.2 Å². The van der Waals surface area contributed by atoms with Gasteiger partial charge in [-0.2, -0.15) is 4.31 Å². The lowest BCUT2D eigenvalue weighted by atomic mass is 10.2. The summed E-state index contributed by atoms with van der Waals surface area (Å²) >= 11 is 12.6. The highest BCUT2D eigenvalue weighted by atomic mass is 35.5. The van der Waals surface area contributed by atoms with Crippen LogP contribution in [-0.2, 0) is 21.4 Å². The van der Waals surface area contributed by atoms with Gasteiger partial charge in [-0.3, -0.25) is 4.79 Å². The Labute approximate surface area is 176 Å². The van der Waals surface area contributed by atoms with E-state index in [-0.39, 0.29) is 17.3 Å². The Morgan fingerprint density at radius 3 is 2.46 bits per heavy atom. The standard InChI is InChI=1S/C18H16Cl2N2O4S2/c1-22(28(24,25)18-9-8-16(20)27-18)11-17(23)21-10-14-6-7-15(26-14)12-2-4-13(19)5-3-12/h2-9H,10-11H2,1H3,(H,21,23). The highest BCUT2D eigenvalue weighted by Crippen LogP contribution is 2.27. The molecule has 3 rings (SSSR count). The van der Waals surface area contributed by atoms with Gasteiger partial charge in [-0.25, -0.2) is 8.42 Å². The Kier molecular flexibility index (Phi) is 6.47. The van der Waals surface area contributed by atoms with Gasteiger partial charge in [0.2, 0.25) is 5.91 Å². The first-order valence-corrected chi connectivity index (χ1v) is 11.1. The van der Waals surface area contributed by atoms with Gasteiger partial charge in [0.25, 0.3) is 10.0 Å². The third kappa shape index (κ3) is 4.95. The van der Waals surface area contributed by atoms with E-state index in [1.54, 1.807) is 24.3 Å². The molecule has 148 valence electrons. The molecular weight excluding hydrogens is 443 g/mol. The molecule has 0 aliphatic heterocycles. The van der Waals surface area contributed by atoms with Crippen LogP contribution in [-0.4, -0.2) is 32.2 Å². The first kappa shape index (κ1) is 20.9. The minimum Gasteiger partial charge on any atom is -0.459 e. The number of rotatable bonds is 7. The summed E-state index contributed by atoms with van der Waals surface area (Å²) in [4.78, 5) is 12.1. The lowest BCUT2D eigenvalue weighted by Gasteiger charge is -2.15. The molecule has 0 unspecified atom stereocenters. The van der Waals surface area contributed by atoms with Crippen molar-refractivity contribution in [1.29, 1.82) is 0 Å². The number of hydrogen-bond acceptors (Lipinski definition) is 5. The second-order valence-electron chi connectivity index (χ2n) is 5.87. The molecular formula is C18H16Cl2N2O4S2. The van der Waals surface area contributed by atoms with Gasteiger partial charge in [0, 0.05) is 17.6 Å². The molecule has 0 saturated carbocycles. The van der Waals surface area contributed by atoms with Gasteiger partial charge in [-0.15, -0.1) is 11.3 Å². The Balaban J connectivity index is 1.56. The number of likely N-dealkylation sites (N-methyl/N-ethyl adjacent to an activating group) is 1. The minimum atomic E-state index is -3.76. The van der Waals surface area contributed by atoms with Crippen molar-refractivity contribution in [3.63, 3.8) is 0 Å². The van der Waals surface area contributed by atoms with E-state index in [2.05, 4.69) is 5.32 Å². The van der Waals surface area contributed by atoms with Gasteiger partial charge in [0.05, 0.1) is 17.4 Å². The maximum Gasteiger partial charge on any atom is 0.252 e. The summed E-state index contributed by atoms with van der Waals surface area (Å²) in [5.41, 5.74) is 0.863. The molecule has 6 nitrogen and oxygen atoms in total. The fraction of sp³-hybridized carbons (Fsp3) is 0.167. The molecule has 2 heterocycles. The molecule has 0 fully saturated rings. The topological polar surface area (TPSA) is 79.6 Å². The zero-order chi connectivity index (χ0) is 20.3. The predicted octanol–water partition coefficient (Wildman–Crippen LogP) is 4.25. The summed E-state index contributed by atoms with van der Waals surface area (Å²) < 4.78 is 32.0. The van der Waals surface area contributed by atoms with Gasteiger partial charge in [0.1, 0.15) is 15.7 Å². The molecule has 2 aromatic heterocycles. The molecule has 0 aliphatic carbocycles. The summed E-state index contributed by atoms with van der Waals surface area (Å²) in [7, 11) is -2.42. The predicted molar refractivity (Wildman–Crippen MR) is 110 cm³/mol. The van der Waals surface area contributed by atoms with Crippen molar-refractivity contribution in [2.24, 2.45) is 0 Å². The van der Waals surface area contributed by atoms with Crippen LogP contribution in [0.3, 0.4) is 0 Å². The molecule has 28 heavy (non-hydrogen) atoms. The SMILES string of the molecule is CN(CC(=O)NCc1ccc(-c2ccc(Cl)cc2)o1)S(=O)(=O)c1ccc(Cl)s1. The summed E-state index contributed by atoms with van der Waals surface area (Å²) in [6, 6.07) is 13.6. The van der Waals surface area contributed by atoms with Crippen LogP contribution in [0.25, 0.3) is 11.3 Å². The first-order chi connectivity index (χ1) is 13.3. The smallest absolute Gasteiger partial charge is 0.252 e. The van der Waals surface area contributed by atoms with E-state index in [9.17, 15) is 13.2 Å². The van der Waals surface area contributed by atoms with E-state index in [0.29, 0.717) is 20.9 Å². The van der Waals surface area contributed by atoms with Gasteiger partial charge < -0.3 is 9.73 Å². The Morgan fingerprint density at radius 2 is 1.82 bits per heavy atom. The number of nitrogens with zero attached hydrogens (tertiary/aromatic N) is 1. The molecule has 0 saturated heterocycles. The summed E-state index contributed by atoms with van der Waals surface area (Å²) in [6.45, 7) is -0.173. The zero-order valence-electron chi connectivity index (χ0n) is 14.7. The molecule has 0 radical (unpaired) electrons. The van der Waals surface area contributed by atoms with Crippen molar-refractivity contribution in [2.75, 3.05) is 13.6 Å². The van der Waals surface area contributed by atoms with Gasteiger partial charge >= 0.3 is 0 Å². The van der Waals surface area contributed by atoms with Gasteiger partial charge in [0.15, 0.2) is 0 Å². The van der Waals surface area contributed by atoms with E-state index in [4.69, 9.17) is 27.6 Å². The van der Waals surface area contributed by atoms with Crippen LogP contribution in [0.5, 0.6) is 0 Å². The molecule has 0 atom stereocenters. The zero-order valence-corrected chi connectivity index (χ0v) is 17.8. The normalized spacial score (nSPS) is 11.7. The molecule has 10 heteroatoms. The number of thiophene rings is 1. The maximum absolute atomic E-state index is 12.4. The lowest BCUT2D eigenvalue weighted by Crippen LogP contribution is -2.37. The number of sulfonamides is 1. The second-order valence-corrected chi connectivity index (χ2v) is 10.3. The van der Waals surface area contributed by atoms with Gasteiger partial charge in [-0.1, -0.05) is 23.2 Å². The molecule has 1 N–H and O–H groups in total. The van der Waals surface area contributed by atoms with Crippen LogP contribution >= 0.6 is 34.5 Å². The Morgan fingerprint density at radius 1 is 1.11 bits per heavy atom. The number of nitrogens with one attached hydrogen (secondary N) is 1. The third-order valence-corrected chi connectivity index (χ3v) is 7.58. The number of benzene rings is 1. The average molecular weight is 459 g/mol. The summed E-state index contributed by atoms with van der Waals surface area (Å²) in [6.07, 6.45) is 0. The molecule has 0 aliphatic rings. The van der Waals surface area contributed by atoms with Crippen molar-refractivity contribution < 1.29 is 17.6 Å². The average Bonchev–Trinajstić information content (AvgIpc) is 3.30. The van der Waals surface area contributed by atoms with Crippen LogP contribution in [0.15, 0.2) is 57.2 Å². The number of carbonyl (C=O) groups excluding carboxylic acids is 1. The molecule has 0 bridgehead atoms. The number of hydrogen-bond donors (Lipinski definition) is 1. The fourth-order valence-corrected chi connectivity index (χ4v) is 5.31. The third-order valence-electron chi connectivity index (χ3n) is 3.83. The van der Waals surface area contributed by atoms with E-state index in [1.807, 2.05) is 12.1 Å².